The zero-order valence-corrected chi connectivity index (χ0v) is 12.3. The van der Waals surface area contributed by atoms with Gasteiger partial charge in [-0.05, 0) is 0 Å². The quantitative estimate of drug-likeness (QED) is 0.515. The summed E-state index contributed by atoms with van der Waals surface area (Å²) in [7, 11) is 0. The topological polar surface area (TPSA) is 73.8 Å². The van der Waals surface area contributed by atoms with E-state index in [2.05, 4.69) is 19.8 Å². The van der Waals surface area contributed by atoms with Crippen molar-refractivity contribution in [2.75, 3.05) is 0 Å². The Morgan fingerprint density at radius 3 is 2.15 bits per heavy atom. The third-order valence-corrected chi connectivity index (χ3v) is 3.18. The highest BCUT2D eigenvalue weighted by molar-refractivity contribution is 6.08. The lowest BCUT2D eigenvalue weighted by atomic mass is 10.0. The molecule has 0 saturated heterocycles. The molecule has 0 radical (unpaired) electrons. The predicted molar refractivity (Wildman–Crippen MR) is 71.7 cm³/mol. The fraction of sp³-hybridized carbons (Fsp3) is 0.143. The second-order valence-electron chi connectivity index (χ2n) is 4.97. The average Bonchev–Trinajstić information content (AvgIpc) is 3.23. The average molecular weight is 376 g/mol. The molecule has 1 aromatic carbocycles. The Morgan fingerprint density at radius 1 is 1.00 bits per heavy atom. The van der Waals surface area contributed by atoms with E-state index >= 15 is 0 Å². The lowest BCUT2D eigenvalue weighted by Crippen LogP contribution is -2.16. The second-order valence-corrected chi connectivity index (χ2v) is 4.97. The van der Waals surface area contributed by atoms with Gasteiger partial charge < -0.3 is 4.52 Å². The zero-order valence-electron chi connectivity index (χ0n) is 12.3. The van der Waals surface area contributed by atoms with E-state index in [1.54, 1.807) is 0 Å². The van der Waals surface area contributed by atoms with E-state index in [1.807, 2.05) is 0 Å². The Bertz CT molecular complexity index is 939. The van der Waals surface area contributed by atoms with Gasteiger partial charge in [-0.2, -0.15) is 27.9 Å². The number of rotatable bonds is 3. The van der Waals surface area contributed by atoms with Crippen LogP contribution >= 0.6 is 0 Å². The molecule has 0 unspecified atom stereocenters. The number of carbonyl (C=O) groups is 1. The smallest absolute Gasteiger partial charge is 0.329 e. The SMILES string of the molecule is O=C(c1ccc(-c2noc(C(F)(F)F)n2)cc1)c1cnn(C(F)(F)F)c1. The Morgan fingerprint density at radius 2 is 1.65 bits per heavy atom. The van der Waals surface area contributed by atoms with Gasteiger partial charge in [0, 0.05) is 17.3 Å². The molecule has 0 aliphatic carbocycles. The summed E-state index contributed by atoms with van der Waals surface area (Å²) < 4.78 is 78.5. The van der Waals surface area contributed by atoms with E-state index in [0.29, 0.717) is 6.20 Å². The minimum Gasteiger partial charge on any atom is -0.329 e. The highest BCUT2D eigenvalue weighted by Crippen LogP contribution is 2.29. The number of benzene rings is 1. The largest absolute Gasteiger partial charge is 0.504 e. The summed E-state index contributed by atoms with van der Waals surface area (Å²) in [5, 5.41) is 6.24. The molecule has 6 nitrogen and oxygen atoms in total. The zero-order chi connectivity index (χ0) is 19.1. The van der Waals surface area contributed by atoms with Gasteiger partial charge in [0.2, 0.25) is 5.82 Å². The summed E-state index contributed by atoms with van der Waals surface area (Å²) in [5.74, 6) is -2.61. The van der Waals surface area contributed by atoms with Gasteiger partial charge in [-0.3, -0.25) is 4.79 Å². The van der Waals surface area contributed by atoms with Crippen LogP contribution in [0.1, 0.15) is 21.8 Å². The molecule has 0 saturated carbocycles. The predicted octanol–water partition coefficient (Wildman–Crippen LogP) is 3.66. The van der Waals surface area contributed by atoms with Gasteiger partial charge in [0.15, 0.2) is 5.78 Å². The fourth-order valence-electron chi connectivity index (χ4n) is 1.97. The minimum atomic E-state index is -4.79. The van der Waals surface area contributed by atoms with Crippen LogP contribution in [0.15, 0.2) is 41.2 Å². The summed E-state index contributed by atoms with van der Waals surface area (Å²) in [5.41, 5.74) is -0.157. The number of hydrogen-bond acceptors (Lipinski definition) is 5. The number of nitrogens with zero attached hydrogens (tertiary/aromatic N) is 4. The molecular weight excluding hydrogens is 370 g/mol. The molecule has 0 spiro atoms. The van der Waals surface area contributed by atoms with Gasteiger partial charge in [-0.25, -0.2) is 0 Å². The molecule has 3 aromatic rings. The Labute approximate surface area is 140 Å². The van der Waals surface area contributed by atoms with E-state index in [4.69, 9.17) is 0 Å². The molecule has 0 bridgehead atoms. The van der Waals surface area contributed by atoms with Crippen molar-refractivity contribution in [1.82, 2.24) is 19.9 Å². The summed E-state index contributed by atoms with van der Waals surface area (Å²) in [6, 6.07) is 4.91. The molecule has 0 amide bonds. The van der Waals surface area contributed by atoms with E-state index in [0.717, 1.165) is 6.20 Å². The first-order valence-electron chi connectivity index (χ1n) is 6.73. The van der Waals surface area contributed by atoms with Crippen LogP contribution in [0.2, 0.25) is 0 Å². The van der Waals surface area contributed by atoms with Crippen molar-refractivity contribution in [1.29, 1.82) is 0 Å². The van der Waals surface area contributed by atoms with Crippen LogP contribution in [0.3, 0.4) is 0 Å². The van der Waals surface area contributed by atoms with Crippen LogP contribution in [0.25, 0.3) is 11.4 Å². The number of halogens is 6. The Balaban J connectivity index is 1.82. The molecule has 0 fully saturated rings. The van der Waals surface area contributed by atoms with Crippen molar-refractivity contribution in [2.24, 2.45) is 0 Å². The Hall–Kier alpha value is -3.18. The lowest BCUT2D eigenvalue weighted by Gasteiger charge is -2.04. The minimum absolute atomic E-state index is 0.00927. The van der Waals surface area contributed by atoms with Gasteiger partial charge in [0.05, 0.1) is 11.8 Å². The van der Waals surface area contributed by atoms with Crippen LogP contribution < -0.4 is 0 Å². The highest BCUT2D eigenvalue weighted by Gasteiger charge is 2.38. The maximum Gasteiger partial charge on any atom is 0.504 e. The molecule has 0 N–H and O–H groups in total. The first kappa shape index (κ1) is 17.6. The van der Waals surface area contributed by atoms with Crippen LogP contribution in [0.5, 0.6) is 0 Å². The normalized spacial score (nSPS) is 12.4. The molecule has 12 heteroatoms. The second kappa shape index (κ2) is 5.97. The monoisotopic (exact) mass is 376 g/mol. The number of aromatic nitrogens is 4. The molecule has 3 rings (SSSR count). The molecule has 2 heterocycles. The summed E-state index contributed by atoms with van der Waals surface area (Å²) in [6.45, 7) is 0. The Kier molecular flexibility index (Phi) is 4.05. The number of carbonyl (C=O) groups excluding carboxylic acids is 1. The molecule has 0 atom stereocenters. The van der Waals surface area contributed by atoms with Gasteiger partial charge in [0.25, 0.3) is 0 Å². The van der Waals surface area contributed by atoms with Crippen LogP contribution in [0, 0.1) is 0 Å². The van der Waals surface area contributed by atoms with Crippen molar-refractivity contribution >= 4 is 5.78 Å². The third-order valence-electron chi connectivity index (χ3n) is 3.18. The lowest BCUT2D eigenvalue weighted by molar-refractivity contribution is -0.212. The first-order chi connectivity index (χ1) is 12.1. The maximum absolute atomic E-state index is 12.5. The molecule has 26 heavy (non-hydrogen) atoms. The molecular formula is C14H6F6N4O2. The van der Waals surface area contributed by atoms with Crippen LogP contribution in [-0.2, 0) is 12.5 Å². The standard InChI is InChI=1S/C14H6F6N4O2/c15-13(16,17)12-22-11(23-26-12)8-3-1-7(2-4-8)10(25)9-5-21-24(6-9)14(18,19)20/h1-6H. The summed E-state index contributed by atoms with van der Waals surface area (Å²) >= 11 is 0. The van der Waals surface area contributed by atoms with Gasteiger partial charge in [-0.1, -0.05) is 29.4 Å². The third kappa shape index (κ3) is 3.43. The van der Waals surface area contributed by atoms with Crippen molar-refractivity contribution in [3.63, 3.8) is 0 Å². The van der Waals surface area contributed by atoms with Crippen molar-refractivity contribution in [3.8, 4) is 11.4 Å². The van der Waals surface area contributed by atoms with E-state index in [1.165, 1.54) is 24.3 Å². The number of ketones is 1. The van der Waals surface area contributed by atoms with Gasteiger partial charge >= 0.3 is 18.4 Å². The van der Waals surface area contributed by atoms with Gasteiger partial charge in [0.1, 0.15) is 0 Å². The summed E-state index contributed by atoms with van der Waals surface area (Å²) in [4.78, 5) is 15.3. The maximum atomic E-state index is 12.5. The fourth-order valence-corrected chi connectivity index (χ4v) is 1.97. The van der Waals surface area contributed by atoms with Crippen molar-refractivity contribution < 1.29 is 35.7 Å². The summed E-state index contributed by atoms with van der Waals surface area (Å²) in [6.07, 6.45) is -8.25. The van der Waals surface area contributed by atoms with Crippen LogP contribution in [0.4, 0.5) is 26.3 Å². The molecule has 0 aliphatic heterocycles. The first-order valence-corrected chi connectivity index (χ1v) is 6.73. The van der Waals surface area contributed by atoms with E-state index in [9.17, 15) is 31.1 Å². The molecule has 0 aliphatic rings. The van der Waals surface area contributed by atoms with E-state index in [-0.39, 0.29) is 27.2 Å². The van der Waals surface area contributed by atoms with Crippen LogP contribution in [-0.4, -0.2) is 25.7 Å². The molecule has 2 aromatic heterocycles. The molecule has 136 valence electrons. The number of hydrogen-bond donors (Lipinski definition) is 0. The highest BCUT2D eigenvalue weighted by atomic mass is 19.4. The van der Waals surface area contributed by atoms with E-state index < -0.39 is 24.2 Å². The van der Waals surface area contributed by atoms with Crippen molar-refractivity contribution in [2.45, 2.75) is 12.5 Å². The number of alkyl halides is 6. The van der Waals surface area contributed by atoms with Crippen molar-refractivity contribution in [3.05, 3.63) is 53.7 Å². The van der Waals surface area contributed by atoms with Gasteiger partial charge in [-0.15, -0.1) is 13.2 Å².